The number of rotatable bonds is 4. The van der Waals surface area contributed by atoms with Crippen LogP contribution in [0.5, 0.6) is 0 Å². The molecule has 1 N–H and O–H groups in total. The Bertz CT molecular complexity index is 395. The summed E-state index contributed by atoms with van der Waals surface area (Å²) in [6, 6.07) is 15.3. The van der Waals surface area contributed by atoms with Crippen LogP contribution in [0, 0.1) is 0 Å². The van der Waals surface area contributed by atoms with Gasteiger partial charge in [0.2, 0.25) is 0 Å². The van der Waals surface area contributed by atoms with Crippen molar-refractivity contribution in [3.05, 3.63) is 66.0 Å². The molecule has 0 amide bonds. The van der Waals surface area contributed by atoms with Gasteiger partial charge in [-0.05, 0) is 37.1 Å². The SMILES string of the molecule is CC(NC(C)c1ccncc1)c1ccccc1. The summed E-state index contributed by atoms with van der Waals surface area (Å²) in [4.78, 5) is 4.04. The quantitative estimate of drug-likeness (QED) is 0.863. The topological polar surface area (TPSA) is 24.9 Å². The first-order valence-corrected chi connectivity index (χ1v) is 5.98. The zero-order valence-corrected chi connectivity index (χ0v) is 10.3. The third-order valence-electron chi connectivity index (χ3n) is 3.01. The van der Waals surface area contributed by atoms with Crippen LogP contribution in [0.3, 0.4) is 0 Å². The van der Waals surface area contributed by atoms with Crippen LogP contribution in [-0.4, -0.2) is 4.98 Å². The van der Waals surface area contributed by atoms with Gasteiger partial charge < -0.3 is 5.32 Å². The van der Waals surface area contributed by atoms with Crippen LogP contribution in [0.15, 0.2) is 54.9 Å². The Kier molecular flexibility index (Phi) is 3.89. The normalized spacial score (nSPS) is 14.2. The summed E-state index contributed by atoms with van der Waals surface area (Å²) in [6.45, 7) is 4.36. The number of pyridine rings is 1. The molecule has 0 aliphatic carbocycles. The summed E-state index contributed by atoms with van der Waals surface area (Å²) in [6.07, 6.45) is 3.67. The van der Waals surface area contributed by atoms with Gasteiger partial charge in [-0.1, -0.05) is 30.3 Å². The van der Waals surface area contributed by atoms with Crippen molar-refractivity contribution in [2.45, 2.75) is 25.9 Å². The Morgan fingerprint density at radius 2 is 1.35 bits per heavy atom. The minimum Gasteiger partial charge on any atom is -0.304 e. The standard InChI is InChI=1S/C15H18N2/c1-12(14-6-4-3-5-7-14)17-13(2)15-8-10-16-11-9-15/h3-13,17H,1-2H3. The van der Waals surface area contributed by atoms with Crippen molar-refractivity contribution in [2.75, 3.05) is 0 Å². The Labute approximate surface area is 103 Å². The molecular weight excluding hydrogens is 208 g/mol. The van der Waals surface area contributed by atoms with E-state index >= 15 is 0 Å². The Morgan fingerprint density at radius 1 is 0.824 bits per heavy atom. The predicted octanol–water partition coefficient (Wildman–Crippen LogP) is 3.49. The van der Waals surface area contributed by atoms with Gasteiger partial charge in [-0.15, -0.1) is 0 Å². The molecule has 2 unspecified atom stereocenters. The molecule has 2 heteroatoms. The first-order chi connectivity index (χ1) is 8.27. The highest BCUT2D eigenvalue weighted by Crippen LogP contribution is 2.18. The van der Waals surface area contributed by atoms with Crippen molar-refractivity contribution in [1.82, 2.24) is 10.3 Å². The highest BCUT2D eigenvalue weighted by molar-refractivity contribution is 5.20. The largest absolute Gasteiger partial charge is 0.304 e. The van der Waals surface area contributed by atoms with Crippen molar-refractivity contribution in [1.29, 1.82) is 0 Å². The van der Waals surface area contributed by atoms with Crippen molar-refractivity contribution < 1.29 is 0 Å². The maximum atomic E-state index is 4.04. The Morgan fingerprint density at radius 3 is 1.94 bits per heavy atom. The van der Waals surface area contributed by atoms with Crippen molar-refractivity contribution in [2.24, 2.45) is 0 Å². The molecule has 17 heavy (non-hydrogen) atoms. The van der Waals surface area contributed by atoms with Crippen LogP contribution < -0.4 is 5.32 Å². The van der Waals surface area contributed by atoms with E-state index in [2.05, 4.69) is 60.5 Å². The zero-order chi connectivity index (χ0) is 12.1. The van der Waals surface area contributed by atoms with Gasteiger partial charge in [0.15, 0.2) is 0 Å². The summed E-state index contributed by atoms with van der Waals surface area (Å²) in [5, 5.41) is 3.58. The molecule has 1 heterocycles. The van der Waals surface area contributed by atoms with Gasteiger partial charge in [0.05, 0.1) is 0 Å². The molecule has 0 fully saturated rings. The average molecular weight is 226 g/mol. The van der Waals surface area contributed by atoms with E-state index in [0.29, 0.717) is 12.1 Å². The maximum Gasteiger partial charge on any atom is 0.0298 e. The molecule has 88 valence electrons. The van der Waals surface area contributed by atoms with Crippen molar-refractivity contribution in [3.63, 3.8) is 0 Å². The molecule has 2 rings (SSSR count). The number of nitrogens with one attached hydrogen (secondary N) is 1. The van der Waals surface area contributed by atoms with E-state index in [1.807, 2.05) is 18.5 Å². The molecule has 0 radical (unpaired) electrons. The first-order valence-electron chi connectivity index (χ1n) is 5.98. The fourth-order valence-electron chi connectivity index (χ4n) is 1.96. The smallest absolute Gasteiger partial charge is 0.0298 e. The molecule has 2 aromatic rings. The van der Waals surface area contributed by atoms with Crippen LogP contribution in [0.2, 0.25) is 0 Å². The fourth-order valence-corrected chi connectivity index (χ4v) is 1.96. The lowest BCUT2D eigenvalue weighted by Crippen LogP contribution is -2.22. The summed E-state index contributed by atoms with van der Waals surface area (Å²) < 4.78 is 0. The molecule has 2 atom stereocenters. The lowest BCUT2D eigenvalue weighted by Gasteiger charge is -2.20. The van der Waals surface area contributed by atoms with Gasteiger partial charge in [-0.2, -0.15) is 0 Å². The number of hydrogen-bond acceptors (Lipinski definition) is 2. The van der Waals surface area contributed by atoms with Gasteiger partial charge in [-0.25, -0.2) is 0 Å². The zero-order valence-electron chi connectivity index (χ0n) is 10.3. The predicted molar refractivity (Wildman–Crippen MR) is 70.6 cm³/mol. The van der Waals surface area contributed by atoms with Gasteiger partial charge in [-0.3, -0.25) is 4.98 Å². The summed E-state index contributed by atoms with van der Waals surface area (Å²) in [5.74, 6) is 0. The number of nitrogens with zero attached hydrogens (tertiary/aromatic N) is 1. The van der Waals surface area contributed by atoms with Gasteiger partial charge in [0, 0.05) is 24.5 Å². The monoisotopic (exact) mass is 226 g/mol. The van der Waals surface area contributed by atoms with E-state index in [1.165, 1.54) is 11.1 Å². The molecule has 1 aromatic heterocycles. The number of aromatic nitrogens is 1. The molecule has 0 aliphatic heterocycles. The molecule has 0 saturated heterocycles. The molecule has 0 saturated carbocycles. The molecule has 2 nitrogen and oxygen atoms in total. The van der Waals surface area contributed by atoms with Gasteiger partial charge in [0.1, 0.15) is 0 Å². The van der Waals surface area contributed by atoms with E-state index in [-0.39, 0.29) is 0 Å². The second kappa shape index (κ2) is 5.60. The minimum absolute atomic E-state index is 0.327. The van der Waals surface area contributed by atoms with Crippen LogP contribution in [0.25, 0.3) is 0 Å². The third kappa shape index (κ3) is 3.14. The highest BCUT2D eigenvalue weighted by Gasteiger charge is 2.10. The van der Waals surface area contributed by atoms with E-state index in [4.69, 9.17) is 0 Å². The second-order valence-electron chi connectivity index (χ2n) is 4.30. The minimum atomic E-state index is 0.327. The van der Waals surface area contributed by atoms with Crippen LogP contribution in [0.4, 0.5) is 0 Å². The average Bonchev–Trinajstić information content (AvgIpc) is 2.40. The summed E-state index contributed by atoms with van der Waals surface area (Å²) >= 11 is 0. The second-order valence-corrected chi connectivity index (χ2v) is 4.30. The third-order valence-corrected chi connectivity index (χ3v) is 3.01. The van der Waals surface area contributed by atoms with Crippen molar-refractivity contribution >= 4 is 0 Å². The number of benzene rings is 1. The molecular formula is C15H18N2. The van der Waals surface area contributed by atoms with E-state index < -0.39 is 0 Å². The van der Waals surface area contributed by atoms with Crippen molar-refractivity contribution in [3.8, 4) is 0 Å². The first kappa shape index (κ1) is 11.8. The summed E-state index contributed by atoms with van der Waals surface area (Å²) in [7, 11) is 0. The molecule has 1 aromatic carbocycles. The molecule has 0 spiro atoms. The summed E-state index contributed by atoms with van der Waals surface area (Å²) in [5.41, 5.74) is 2.58. The highest BCUT2D eigenvalue weighted by atomic mass is 14.9. The Hall–Kier alpha value is -1.67. The van der Waals surface area contributed by atoms with E-state index in [1.54, 1.807) is 0 Å². The maximum absolute atomic E-state index is 4.04. The molecule has 0 bridgehead atoms. The van der Waals surface area contributed by atoms with Gasteiger partial charge >= 0.3 is 0 Å². The van der Waals surface area contributed by atoms with Gasteiger partial charge in [0.25, 0.3) is 0 Å². The van der Waals surface area contributed by atoms with Crippen LogP contribution >= 0.6 is 0 Å². The lowest BCUT2D eigenvalue weighted by molar-refractivity contribution is 0.494. The van der Waals surface area contributed by atoms with Crippen LogP contribution in [-0.2, 0) is 0 Å². The molecule has 0 aliphatic rings. The van der Waals surface area contributed by atoms with E-state index in [0.717, 1.165) is 0 Å². The van der Waals surface area contributed by atoms with Crippen LogP contribution in [0.1, 0.15) is 37.1 Å². The van der Waals surface area contributed by atoms with E-state index in [9.17, 15) is 0 Å². The lowest BCUT2D eigenvalue weighted by atomic mass is 10.1. The Balaban J connectivity index is 2.02. The number of hydrogen-bond donors (Lipinski definition) is 1. The fraction of sp³-hybridized carbons (Fsp3) is 0.267.